The highest BCUT2D eigenvalue weighted by Crippen LogP contribution is 2.34. The normalized spacial score (nSPS) is 26.6. The molecular weight excluding hydrogens is 304 g/mol. The summed E-state index contributed by atoms with van der Waals surface area (Å²) in [6.07, 6.45) is -0.110. The minimum absolute atomic E-state index is 0.0581. The zero-order valence-electron chi connectivity index (χ0n) is 13.7. The summed E-state index contributed by atoms with van der Waals surface area (Å²) in [5.41, 5.74) is 0.727. The number of ether oxygens (including phenoxy) is 2. The van der Waals surface area contributed by atoms with Gasteiger partial charge in [0.1, 0.15) is 5.60 Å². The fraction of sp³-hybridized carbons (Fsp3) is 0.400. The highest BCUT2D eigenvalue weighted by atomic mass is 16.5. The summed E-state index contributed by atoms with van der Waals surface area (Å²) < 4.78 is 11.6. The lowest BCUT2D eigenvalue weighted by molar-refractivity contribution is -0.170. The average molecular weight is 328 g/mol. The molecule has 24 heavy (non-hydrogen) atoms. The van der Waals surface area contributed by atoms with Gasteiger partial charge in [-0.3, -0.25) is 0 Å². The molecule has 2 N–H and O–H groups in total. The Bertz CT molecular complexity index is 616. The fourth-order valence-corrected chi connectivity index (χ4v) is 3.12. The van der Waals surface area contributed by atoms with Crippen LogP contribution in [-0.2, 0) is 22.7 Å². The highest BCUT2D eigenvalue weighted by Gasteiger charge is 2.49. The molecule has 0 saturated heterocycles. The number of hydrogen-bond acceptors (Lipinski definition) is 4. The molecule has 128 valence electrons. The monoisotopic (exact) mass is 328 g/mol. The van der Waals surface area contributed by atoms with Gasteiger partial charge in [0.15, 0.2) is 0 Å². The van der Waals surface area contributed by atoms with E-state index in [1.165, 1.54) is 0 Å². The molecule has 1 aliphatic carbocycles. The molecule has 0 heterocycles. The van der Waals surface area contributed by atoms with Crippen molar-refractivity contribution in [1.29, 1.82) is 0 Å². The first-order valence-electron chi connectivity index (χ1n) is 8.36. The Balaban J connectivity index is 1.55. The maximum absolute atomic E-state index is 10.9. The Morgan fingerprint density at radius 2 is 1.46 bits per heavy atom. The molecule has 4 nitrogen and oxygen atoms in total. The third-order valence-corrected chi connectivity index (χ3v) is 4.58. The van der Waals surface area contributed by atoms with E-state index in [0.717, 1.165) is 11.1 Å². The van der Waals surface area contributed by atoms with E-state index in [9.17, 15) is 10.2 Å². The molecule has 0 bridgehead atoms. The molecule has 3 atom stereocenters. The van der Waals surface area contributed by atoms with Crippen LogP contribution in [0.25, 0.3) is 0 Å². The summed E-state index contributed by atoms with van der Waals surface area (Å²) in [4.78, 5) is 0. The van der Waals surface area contributed by atoms with Gasteiger partial charge in [0.2, 0.25) is 0 Å². The van der Waals surface area contributed by atoms with Crippen LogP contribution in [0.1, 0.15) is 24.0 Å². The van der Waals surface area contributed by atoms with Crippen LogP contribution in [0.3, 0.4) is 0 Å². The first kappa shape index (κ1) is 17.1. The summed E-state index contributed by atoms with van der Waals surface area (Å²) in [7, 11) is 0. The van der Waals surface area contributed by atoms with Crippen LogP contribution in [0.2, 0.25) is 0 Å². The second-order valence-electron chi connectivity index (χ2n) is 6.35. The van der Waals surface area contributed by atoms with Crippen molar-refractivity contribution in [2.45, 2.75) is 43.9 Å². The number of rotatable bonds is 7. The van der Waals surface area contributed by atoms with Crippen molar-refractivity contribution in [3.05, 3.63) is 71.8 Å². The Hall–Kier alpha value is -1.72. The van der Waals surface area contributed by atoms with Gasteiger partial charge in [-0.1, -0.05) is 60.7 Å². The van der Waals surface area contributed by atoms with E-state index < -0.39 is 17.8 Å². The van der Waals surface area contributed by atoms with Crippen LogP contribution in [0, 0.1) is 0 Å². The predicted molar refractivity (Wildman–Crippen MR) is 91.3 cm³/mol. The van der Waals surface area contributed by atoms with E-state index in [4.69, 9.17) is 9.47 Å². The van der Waals surface area contributed by atoms with Gasteiger partial charge in [-0.15, -0.1) is 0 Å². The number of benzene rings is 2. The van der Waals surface area contributed by atoms with Crippen molar-refractivity contribution in [1.82, 2.24) is 0 Å². The molecule has 0 aromatic heterocycles. The summed E-state index contributed by atoms with van der Waals surface area (Å²) in [5, 5.41) is 21.1. The van der Waals surface area contributed by atoms with Crippen molar-refractivity contribution in [3.63, 3.8) is 0 Å². The molecule has 0 spiro atoms. The zero-order valence-corrected chi connectivity index (χ0v) is 13.7. The molecule has 4 heteroatoms. The molecule has 1 saturated carbocycles. The van der Waals surface area contributed by atoms with Gasteiger partial charge in [-0.25, -0.2) is 0 Å². The average Bonchev–Trinajstić information content (AvgIpc) is 2.90. The molecule has 0 unspecified atom stereocenters. The zero-order chi connectivity index (χ0) is 16.8. The number of hydrogen-bond donors (Lipinski definition) is 2. The molecule has 2 aromatic rings. The lowest BCUT2D eigenvalue weighted by atomic mass is 9.98. The van der Waals surface area contributed by atoms with Crippen LogP contribution in [-0.4, -0.2) is 34.6 Å². The van der Waals surface area contributed by atoms with Crippen LogP contribution in [0.5, 0.6) is 0 Å². The van der Waals surface area contributed by atoms with E-state index in [2.05, 4.69) is 0 Å². The van der Waals surface area contributed by atoms with E-state index in [1.54, 1.807) is 0 Å². The van der Waals surface area contributed by atoms with Gasteiger partial charge in [0.25, 0.3) is 0 Å². The lowest BCUT2D eigenvalue weighted by Crippen LogP contribution is -2.51. The largest absolute Gasteiger partial charge is 0.390 e. The van der Waals surface area contributed by atoms with Gasteiger partial charge in [0.05, 0.1) is 32.0 Å². The smallest absolute Gasteiger partial charge is 0.140 e. The van der Waals surface area contributed by atoms with Crippen LogP contribution in [0.15, 0.2) is 60.7 Å². The van der Waals surface area contributed by atoms with E-state index >= 15 is 0 Å². The highest BCUT2D eigenvalue weighted by molar-refractivity contribution is 5.14. The fourth-order valence-electron chi connectivity index (χ4n) is 3.12. The number of aliphatic hydroxyl groups excluding tert-OH is 1. The van der Waals surface area contributed by atoms with Crippen LogP contribution in [0.4, 0.5) is 0 Å². The molecule has 2 aromatic carbocycles. The Labute approximate surface area is 142 Å². The van der Waals surface area contributed by atoms with Crippen LogP contribution < -0.4 is 0 Å². The molecule has 0 aliphatic heterocycles. The van der Waals surface area contributed by atoms with Crippen molar-refractivity contribution in [2.24, 2.45) is 0 Å². The molecule has 0 amide bonds. The molecule has 1 aliphatic rings. The summed E-state index contributed by atoms with van der Waals surface area (Å²) in [6, 6.07) is 19.6. The third-order valence-electron chi connectivity index (χ3n) is 4.58. The van der Waals surface area contributed by atoms with Gasteiger partial charge >= 0.3 is 0 Å². The first-order chi connectivity index (χ1) is 11.7. The van der Waals surface area contributed by atoms with Crippen molar-refractivity contribution in [3.8, 4) is 0 Å². The maximum atomic E-state index is 10.9. The Kier molecular flexibility index (Phi) is 5.63. The van der Waals surface area contributed by atoms with E-state index in [1.807, 2.05) is 60.7 Å². The topological polar surface area (TPSA) is 58.9 Å². The molecule has 3 rings (SSSR count). The maximum Gasteiger partial charge on any atom is 0.140 e. The SMILES string of the molecule is O[C@H]1CC[C@H](OCc2ccccc2)[C@]1(O)COCc1ccccc1. The van der Waals surface area contributed by atoms with Crippen molar-refractivity contribution >= 4 is 0 Å². The van der Waals surface area contributed by atoms with Crippen LogP contribution >= 0.6 is 0 Å². The second-order valence-corrected chi connectivity index (χ2v) is 6.35. The van der Waals surface area contributed by atoms with Gasteiger partial charge in [-0.05, 0) is 24.0 Å². The second kappa shape index (κ2) is 7.90. The van der Waals surface area contributed by atoms with Crippen molar-refractivity contribution in [2.75, 3.05) is 6.61 Å². The number of aliphatic hydroxyl groups is 2. The molecule has 1 fully saturated rings. The Morgan fingerprint density at radius 3 is 2.08 bits per heavy atom. The molecule has 0 radical (unpaired) electrons. The van der Waals surface area contributed by atoms with Gasteiger partial charge in [-0.2, -0.15) is 0 Å². The third kappa shape index (κ3) is 4.02. The van der Waals surface area contributed by atoms with E-state index in [0.29, 0.717) is 26.1 Å². The summed E-state index contributed by atoms with van der Waals surface area (Å²) >= 11 is 0. The lowest BCUT2D eigenvalue weighted by Gasteiger charge is -2.32. The minimum atomic E-state index is -1.36. The predicted octanol–water partition coefficient (Wildman–Crippen LogP) is 2.67. The molecular formula is C20H24O4. The quantitative estimate of drug-likeness (QED) is 0.820. The van der Waals surface area contributed by atoms with E-state index in [-0.39, 0.29) is 6.61 Å². The van der Waals surface area contributed by atoms with Gasteiger partial charge in [0, 0.05) is 0 Å². The standard InChI is InChI=1S/C20H24O4/c21-18-11-12-19(24-14-17-9-5-2-6-10-17)20(18,22)15-23-13-16-7-3-1-4-8-16/h1-10,18-19,21-22H,11-15H2/t18-,19-,20-/m0/s1. The summed E-state index contributed by atoms with van der Waals surface area (Å²) in [6.45, 7) is 0.878. The minimum Gasteiger partial charge on any atom is -0.390 e. The Morgan fingerprint density at radius 1 is 0.875 bits per heavy atom. The van der Waals surface area contributed by atoms with Gasteiger partial charge < -0.3 is 19.7 Å². The van der Waals surface area contributed by atoms with Crippen molar-refractivity contribution < 1.29 is 19.7 Å². The summed E-state index contributed by atoms with van der Waals surface area (Å²) in [5.74, 6) is 0. The first-order valence-corrected chi connectivity index (χ1v) is 8.36.